The van der Waals surface area contributed by atoms with Gasteiger partial charge in [0.25, 0.3) is 0 Å². The summed E-state index contributed by atoms with van der Waals surface area (Å²) in [6, 6.07) is 16.1. The summed E-state index contributed by atoms with van der Waals surface area (Å²) in [5, 5.41) is 2.85. The number of hydrogen-bond acceptors (Lipinski definition) is 5. The van der Waals surface area contributed by atoms with Gasteiger partial charge in [0.05, 0.1) is 16.6 Å². The van der Waals surface area contributed by atoms with Crippen molar-refractivity contribution in [2.45, 2.75) is 56.3 Å². The zero-order chi connectivity index (χ0) is 26.3. The molecule has 0 saturated carbocycles. The third-order valence-electron chi connectivity index (χ3n) is 7.18. The second kappa shape index (κ2) is 12.5. The molecule has 2 saturated heterocycles. The summed E-state index contributed by atoms with van der Waals surface area (Å²) in [5.41, 5.74) is 1.61. The van der Waals surface area contributed by atoms with Crippen LogP contribution in [-0.4, -0.2) is 63.3 Å². The molecular weight excluding hydrogens is 510 g/mol. The molecule has 4 rings (SSSR count). The van der Waals surface area contributed by atoms with Gasteiger partial charge >= 0.3 is 0 Å². The Bertz CT molecular complexity index is 1240. The number of nitrogens with zero attached hydrogens (tertiary/aromatic N) is 2. The maximum absolute atomic E-state index is 13.0. The van der Waals surface area contributed by atoms with Gasteiger partial charge in [-0.1, -0.05) is 43.2 Å². The number of carbonyl (C=O) groups excluding carboxylic acids is 1. The van der Waals surface area contributed by atoms with Crippen molar-refractivity contribution >= 4 is 31.6 Å². The van der Waals surface area contributed by atoms with Gasteiger partial charge in [-0.15, -0.1) is 0 Å². The minimum Gasteiger partial charge on any atom is -0.326 e. The van der Waals surface area contributed by atoms with Crippen LogP contribution >= 0.6 is 0 Å². The predicted octanol–water partition coefficient (Wildman–Crippen LogP) is 3.86. The average Bonchev–Trinajstić information content (AvgIpc) is 3.20. The van der Waals surface area contributed by atoms with E-state index in [1.54, 1.807) is 16.4 Å². The van der Waals surface area contributed by atoms with Crippen molar-refractivity contribution < 1.29 is 21.6 Å². The van der Waals surface area contributed by atoms with Crippen LogP contribution in [0.1, 0.15) is 50.5 Å². The SMILES string of the molecule is O=C(Nc1ccc(S(=O)(=O)N2CCCCCC2)cc1)[C@@H]1CCCN(S(=O)(=O)CCCc2ccccc2)C1. The molecule has 1 N–H and O–H groups in total. The summed E-state index contributed by atoms with van der Waals surface area (Å²) >= 11 is 0. The van der Waals surface area contributed by atoms with Crippen molar-refractivity contribution in [3.8, 4) is 0 Å². The molecule has 0 unspecified atom stereocenters. The second-order valence-corrected chi connectivity index (χ2v) is 14.0. The minimum absolute atomic E-state index is 0.0587. The van der Waals surface area contributed by atoms with Crippen LogP contribution in [0.5, 0.6) is 0 Å². The Morgan fingerprint density at radius 3 is 2.14 bits per heavy atom. The first kappa shape index (κ1) is 27.8. The molecule has 0 aliphatic carbocycles. The van der Waals surface area contributed by atoms with Crippen molar-refractivity contribution in [2.24, 2.45) is 5.92 Å². The minimum atomic E-state index is -3.55. The average molecular weight is 548 g/mol. The van der Waals surface area contributed by atoms with Gasteiger partial charge in [0.15, 0.2) is 0 Å². The van der Waals surface area contributed by atoms with Gasteiger partial charge in [0.2, 0.25) is 26.0 Å². The maximum Gasteiger partial charge on any atom is 0.243 e. The lowest BCUT2D eigenvalue weighted by molar-refractivity contribution is -0.120. The fraction of sp³-hybridized carbons (Fsp3) is 0.519. The molecule has 1 amide bonds. The first-order chi connectivity index (χ1) is 17.8. The molecule has 1 atom stereocenters. The van der Waals surface area contributed by atoms with Crippen molar-refractivity contribution in [1.29, 1.82) is 0 Å². The van der Waals surface area contributed by atoms with E-state index in [0.717, 1.165) is 31.2 Å². The third-order valence-corrected chi connectivity index (χ3v) is 11.0. The van der Waals surface area contributed by atoms with Crippen molar-refractivity contribution in [3.05, 3.63) is 60.2 Å². The third kappa shape index (κ3) is 7.40. The van der Waals surface area contributed by atoms with Crippen molar-refractivity contribution in [3.63, 3.8) is 0 Å². The Balaban J connectivity index is 1.31. The second-order valence-electron chi connectivity index (χ2n) is 9.93. The molecule has 10 heteroatoms. The predicted molar refractivity (Wildman–Crippen MR) is 145 cm³/mol. The molecular formula is C27H37N3O5S2. The number of carbonyl (C=O) groups is 1. The topological polar surface area (TPSA) is 104 Å². The molecule has 2 aromatic rings. The Labute approximate surface area is 221 Å². The van der Waals surface area contributed by atoms with E-state index in [0.29, 0.717) is 51.0 Å². The van der Waals surface area contributed by atoms with Gasteiger partial charge in [-0.05, 0) is 68.4 Å². The van der Waals surface area contributed by atoms with Gasteiger partial charge in [0, 0.05) is 31.9 Å². The van der Waals surface area contributed by atoms with Gasteiger partial charge in [-0.25, -0.2) is 21.1 Å². The van der Waals surface area contributed by atoms with E-state index in [1.165, 1.54) is 16.4 Å². The monoisotopic (exact) mass is 547 g/mol. The fourth-order valence-electron chi connectivity index (χ4n) is 5.03. The molecule has 0 aromatic heterocycles. The van der Waals surface area contributed by atoms with Gasteiger partial charge in [-0.2, -0.15) is 4.31 Å². The van der Waals surface area contributed by atoms with E-state index in [4.69, 9.17) is 0 Å². The number of anilines is 1. The molecule has 2 aliphatic rings. The Morgan fingerprint density at radius 2 is 1.46 bits per heavy atom. The van der Waals surface area contributed by atoms with Crippen LogP contribution in [0.15, 0.2) is 59.5 Å². The lowest BCUT2D eigenvalue weighted by atomic mass is 9.99. The number of amides is 1. The zero-order valence-corrected chi connectivity index (χ0v) is 22.9. The van der Waals surface area contributed by atoms with Gasteiger partial charge in [-0.3, -0.25) is 4.79 Å². The van der Waals surface area contributed by atoms with Crippen LogP contribution < -0.4 is 5.32 Å². The van der Waals surface area contributed by atoms with Crippen LogP contribution in [0.4, 0.5) is 5.69 Å². The first-order valence-corrected chi connectivity index (χ1v) is 16.2. The summed E-state index contributed by atoms with van der Waals surface area (Å²) in [4.78, 5) is 13.2. The van der Waals surface area contributed by atoms with Crippen LogP contribution in [0.3, 0.4) is 0 Å². The smallest absolute Gasteiger partial charge is 0.243 e. The summed E-state index contributed by atoms with van der Waals surface area (Å²) in [6.07, 6.45) is 6.30. The molecule has 2 heterocycles. The summed E-state index contributed by atoms with van der Waals surface area (Å²) in [7, 11) is -7.00. The number of rotatable bonds is 9. The fourth-order valence-corrected chi connectivity index (χ4v) is 8.13. The number of sulfonamides is 2. The molecule has 0 bridgehead atoms. The van der Waals surface area contributed by atoms with Crippen molar-refractivity contribution in [2.75, 3.05) is 37.2 Å². The van der Waals surface area contributed by atoms with E-state index >= 15 is 0 Å². The Kier molecular flexibility index (Phi) is 9.39. The largest absolute Gasteiger partial charge is 0.326 e. The molecule has 0 spiro atoms. The number of nitrogens with one attached hydrogen (secondary N) is 1. The lowest BCUT2D eigenvalue weighted by Gasteiger charge is -2.31. The number of hydrogen-bond donors (Lipinski definition) is 1. The van der Waals surface area contributed by atoms with Crippen LogP contribution in [-0.2, 0) is 31.3 Å². The molecule has 0 radical (unpaired) electrons. The normalized spacial score (nSPS) is 20.3. The molecule has 202 valence electrons. The van der Waals surface area contributed by atoms with Crippen LogP contribution in [0.25, 0.3) is 0 Å². The van der Waals surface area contributed by atoms with E-state index in [9.17, 15) is 21.6 Å². The molecule has 2 aliphatic heterocycles. The Hall–Kier alpha value is -2.27. The van der Waals surface area contributed by atoms with E-state index in [1.807, 2.05) is 30.3 Å². The molecule has 2 aromatic carbocycles. The van der Waals surface area contributed by atoms with E-state index in [-0.39, 0.29) is 23.1 Å². The molecule has 37 heavy (non-hydrogen) atoms. The number of benzene rings is 2. The van der Waals surface area contributed by atoms with E-state index < -0.39 is 26.0 Å². The number of piperidine rings is 1. The van der Waals surface area contributed by atoms with Gasteiger partial charge < -0.3 is 5.32 Å². The highest BCUT2D eigenvalue weighted by molar-refractivity contribution is 7.89. The zero-order valence-electron chi connectivity index (χ0n) is 21.2. The van der Waals surface area contributed by atoms with Crippen molar-refractivity contribution in [1.82, 2.24) is 8.61 Å². The first-order valence-electron chi connectivity index (χ1n) is 13.2. The van der Waals surface area contributed by atoms with Crippen LogP contribution in [0, 0.1) is 5.92 Å². The van der Waals surface area contributed by atoms with Gasteiger partial charge in [0.1, 0.15) is 0 Å². The number of aryl methyl sites for hydroxylation is 1. The molecule has 8 nitrogen and oxygen atoms in total. The summed E-state index contributed by atoms with van der Waals surface area (Å²) in [6.45, 7) is 1.67. The maximum atomic E-state index is 13.0. The highest BCUT2D eigenvalue weighted by atomic mass is 32.2. The highest BCUT2D eigenvalue weighted by Crippen LogP contribution is 2.24. The van der Waals surface area contributed by atoms with Crippen LogP contribution in [0.2, 0.25) is 0 Å². The molecule has 2 fully saturated rings. The standard InChI is InChI=1S/C27H37N3O5S2/c31-27(28-25-14-16-26(17-15-25)37(34,35)29-18-6-1-2-7-19-29)24-13-8-20-30(22-24)36(32,33)21-9-12-23-10-4-3-5-11-23/h3-5,10-11,14-17,24H,1-2,6-9,12-13,18-22H2,(H,28,31)/t24-/m1/s1. The summed E-state index contributed by atoms with van der Waals surface area (Å²) < 4.78 is 54.8. The van der Waals surface area contributed by atoms with E-state index in [2.05, 4.69) is 5.32 Å². The summed E-state index contributed by atoms with van der Waals surface area (Å²) in [5.74, 6) is -0.631. The quantitative estimate of drug-likeness (QED) is 0.513. The Morgan fingerprint density at radius 1 is 0.811 bits per heavy atom. The lowest BCUT2D eigenvalue weighted by Crippen LogP contribution is -2.44. The highest BCUT2D eigenvalue weighted by Gasteiger charge is 2.32.